The van der Waals surface area contributed by atoms with Crippen molar-refractivity contribution in [1.29, 1.82) is 0 Å². The van der Waals surface area contributed by atoms with Crippen LogP contribution >= 0.6 is 12.4 Å². The number of hydrogen-bond donors (Lipinski definition) is 2. The topological polar surface area (TPSA) is 96.5 Å². The van der Waals surface area contributed by atoms with Gasteiger partial charge in [-0.05, 0) is 24.6 Å². The number of β-amino-alcohol motifs (C(OH)–C–C–N with tert-alkyl or cyclic N) is 1. The predicted octanol–water partition coefficient (Wildman–Crippen LogP) is 1.45. The highest BCUT2D eigenvalue weighted by atomic mass is 35.5. The summed E-state index contributed by atoms with van der Waals surface area (Å²) in [5.74, 6) is -2.23. The summed E-state index contributed by atoms with van der Waals surface area (Å²) in [6.07, 6.45) is -3.67. The molecule has 0 spiro atoms. The molecule has 0 aliphatic carbocycles. The molecule has 1 aliphatic rings. The van der Waals surface area contributed by atoms with E-state index in [1.807, 2.05) is 0 Å². The second-order valence-electron chi connectivity index (χ2n) is 5.71. The summed E-state index contributed by atoms with van der Waals surface area (Å²) in [6, 6.07) is 2.20. The SMILES string of the molecule is CC1=CC(=O)C(Cc2cc(CN)cc(C(F)(F)F)n2)C(=O)N1CCO.Cl. The molecule has 1 aromatic rings. The highest BCUT2D eigenvalue weighted by molar-refractivity contribution is 6.10. The van der Waals surface area contributed by atoms with Crippen molar-refractivity contribution in [2.24, 2.45) is 11.7 Å². The minimum Gasteiger partial charge on any atom is -0.395 e. The average Bonchev–Trinajstić information content (AvgIpc) is 2.54. The van der Waals surface area contributed by atoms with Crippen molar-refractivity contribution in [2.75, 3.05) is 13.2 Å². The first-order valence-electron chi connectivity index (χ1n) is 7.59. The number of ketones is 1. The number of halogens is 4. The number of rotatable bonds is 5. The highest BCUT2D eigenvalue weighted by Crippen LogP contribution is 2.29. The average molecular weight is 394 g/mol. The molecule has 0 aromatic carbocycles. The van der Waals surface area contributed by atoms with E-state index in [2.05, 4.69) is 4.98 Å². The van der Waals surface area contributed by atoms with Gasteiger partial charge in [-0.15, -0.1) is 12.4 Å². The molecule has 6 nitrogen and oxygen atoms in total. The molecule has 3 N–H and O–H groups in total. The van der Waals surface area contributed by atoms with Crippen LogP contribution in [0.5, 0.6) is 0 Å². The summed E-state index contributed by atoms with van der Waals surface area (Å²) in [6.45, 7) is 1.14. The van der Waals surface area contributed by atoms with Crippen LogP contribution in [0.3, 0.4) is 0 Å². The minimum absolute atomic E-state index is 0. The molecule has 1 aromatic heterocycles. The van der Waals surface area contributed by atoms with E-state index in [1.54, 1.807) is 6.92 Å². The number of aliphatic hydroxyl groups excluding tert-OH is 1. The Morgan fingerprint density at radius 2 is 1.96 bits per heavy atom. The second-order valence-corrected chi connectivity index (χ2v) is 5.71. The van der Waals surface area contributed by atoms with E-state index in [1.165, 1.54) is 17.0 Å². The first kappa shape index (κ1) is 22.1. The zero-order valence-corrected chi connectivity index (χ0v) is 14.7. The van der Waals surface area contributed by atoms with E-state index in [-0.39, 0.29) is 49.8 Å². The van der Waals surface area contributed by atoms with Crippen molar-refractivity contribution in [3.8, 4) is 0 Å². The molecule has 10 heteroatoms. The summed E-state index contributed by atoms with van der Waals surface area (Å²) in [5.41, 5.74) is 4.89. The van der Waals surface area contributed by atoms with E-state index in [0.717, 1.165) is 6.07 Å². The number of carbonyl (C=O) groups excluding carboxylic acids is 2. The Hall–Kier alpha value is -1.97. The van der Waals surface area contributed by atoms with Crippen molar-refractivity contribution in [2.45, 2.75) is 26.1 Å². The van der Waals surface area contributed by atoms with Crippen molar-refractivity contribution in [3.05, 3.63) is 40.9 Å². The highest BCUT2D eigenvalue weighted by Gasteiger charge is 2.37. The van der Waals surface area contributed by atoms with Gasteiger partial charge in [0.05, 0.1) is 6.61 Å². The van der Waals surface area contributed by atoms with Crippen molar-refractivity contribution < 1.29 is 27.9 Å². The van der Waals surface area contributed by atoms with E-state index < -0.39 is 29.5 Å². The molecule has 0 saturated carbocycles. The van der Waals surface area contributed by atoms with Crippen LogP contribution in [0.4, 0.5) is 13.2 Å². The van der Waals surface area contributed by atoms with Crippen LogP contribution in [0.15, 0.2) is 23.9 Å². The molecule has 0 saturated heterocycles. The molecule has 2 rings (SSSR count). The molecule has 1 atom stereocenters. The number of nitrogens with zero attached hydrogens (tertiary/aromatic N) is 2. The van der Waals surface area contributed by atoms with Gasteiger partial charge in [-0.1, -0.05) is 0 Å². The molecule has 1 unspecified atom stereocenters. The molecule has 144 valence electrons. The molecule has 2 heterocycles. The van der Waals surface area contributed by atoms with Gasteiger partial charge >= 0.3 is 6.18 Å². The number of aliphatic hydroxyl groups is 1. The summed E-state index contributed by atoms with van der Waals surface area (Å²) in [7, 11) is 0. The molecule has 1 aliphatic heterocycles. The van der Waals surface area contributed by atoms with Crippen LogP contribution in [0.25, 0.3) is 0 Å². The van der Waals surface area contributed by atoms with Gasteiger partial charge in [0.15, 0.2) is 5.78 Å². The van der Waals surface area contributed by atoms with Gasteiger partial charge in [0.25, 0.3) is 0 Å². The number of allylic oxidation sites excluding steroid dienone is 2. The lowest BCUT2D eigenvalue weighted by Crippen LogP contribution is -2.44. The number of amides is 1. The lowest BCUT2D eigenvalue weighted by atomic mass is 9.91. The quantitative estimate of drug-likeness (QED) is 0.738. The van der Waals surface area contributed by atoms with Gasteiger partial charge in [0.1, 0.15) is 11.6 Å². The third kappa shape index (κ3) is 4.80. The van der Waals surface area contributed by atoms with E-state index >= 15 is 0 Å². The second kappa shape index (κ2) is 8.61. The molecular weight excluding hydrogens is 375 g/mol. The van der Waals surface area contributed by atoms with Gasteiger partial charge in [0.2, 0.25) is 5.91 Å². The minimum atomic E-state index is -4.65. The van der Waals surface area contributed by atoms with Crippen LogP contribution in [-0.4, -0.2) is 39.8 Å². The number of carbonyl (C=O) groups is 2. The standard InChI is InChI=1S/C16H18F3N3O3.ClH/c1-9-4-13(24)12(15(25)22(9)2-3-23)7-11-5-10(8-20)6-14(21-11)16(17,18)19;/h4-6,12,23H,2-3,7-8,20H2,1H3;1H. The van der Waals surface area contributed by atoms with Crippen molar-refractivity contribution in [3.63, 3.8) is 0 Å². The molecule has 0 bridgehead atoms. The van der Waals surface area contributed by atoms with Gasteiger partial charge < -0.3 is 15.7 Å². The predicted molar refractivity (Wildman–Crippen MR) is 89.1 cm³/mol. The number of alkyl halides is 3. The third-order valence-corrected chi connectivity index (χ3v) is 3.89. The number of nitrogens with two attached hydrogens (primary N) is 1. The van der Waals surface area contributed by atoms with E-state index in [9.17, 15) is 22.8 Å². The maximum absolute atomic E-state index is 12.9. The van der Waals surface area contributed by atoms with Crippen LogP contribution in [0.2, 0.25) is 0 Å². The van der Waals surface area contributed by atoms with Gasteiger partial charge in [-0.25, -0.2) is 4.98 Å². The summed E-state index contributed by atoms with van der Waals surface area (Å²) in [4.78, 5) is 29.4. The van der Waals surface area contributed by atoms with Crippen molar-refractivity contribution >= 4 is 24.1 Å². The fraction of sp³-hybridized carbons (Fsp3) is 0.438. The largest absolute Gasteiger partial charge is 0.433 e. The smallest absolute Gasteiger partial charge is 0.395 e. The summed E-state index contributed by atoms with van der Waals surface area (Å²) >= 11 is 0. The maximum Gasteiger partial charge on any atom is 0.433 e. The normalized spacial score (nSPS) is 17.8. The third-order valence-electron chi connectivity index (χ3n) is 3.89. The maximum atomic E-state index is 12.9. The Bertz CT molecular complexity index is 722. The first-order valence-corrected chi connectivity index (χ1v) is 7.59. The number of pyridine rings is 1. The molecular formula is C16H19ClF3N3O3. The monoisotopic (exact) mass is 393 g/mol. The summed E-state index contributed by atoms with van der Waals surface area (Å²) in [5, 5.41) is 9.03. The zero-order valence-electron chi connectivity index (χ0n) is 13.9. The Labute approximate surface area is 154 Å². The molecule has 0 fully saturated rings. The van der Waals surface area contributed by atoms with Crippen LogP contribution < -0.4 is 5.73 Å². The number of hydrogen-bond acceptors (Lipinski definition) is 5. The van der Waals surface area contributed by atoms with Gasteiger partial charge in [-0.3, -0.25) is 9.59 Å². The molecule has 0 radical (unpaired) electrons. The Morgan fingerprint density at radius 3 is 2.50 bits per heavy atom. The van der Waals surface area contributed by atoms with Crippen LogP contribution in [0, 0.1) is 5.92 Å². The summed E-state index contributed by atoms with van der Waals surface area (Å²) < 4.78 is 38.8. The fourth-order valence-corrected chi connectivity index (χ4v) is 2.67. The number of aromatic nitrogens is 1. The van der Waals surface area contributed by atoms with Crippen LogP contribution in [-0.2, 0) is 28.7 Å². The van der Waals surface area contributed by atoms with Gasteiger partial charge in [0, 0.05) is 37.0 Å². The van der Waals surface area contributed by atoms with E-state index in [4.69, 9.17) is 10.8 Å². The lowest BCUT2D eigenvalue weighted by Gasteiger charge is -2.30. The van der Waals surface area contributed by atoms with Crippen molar-refractivity contribution in [1.82, 2.24) is 9.88 Å². The lowest BCUT2D eigenvalue weighted by molar-refractivity contribution is -0.141. The van der Waals surface area contributed by atoms with E-state index in [0.29, 0.717) is 5.70 Å². The first-order chi connectivity index (χ1) is 11.7. The Morgan fingerprint density at radius 1 is 1.31 bits per heavy atom. The van der Waals surface area contributed by atoms with Gasteiger partial charge in [-0.2, -0.15) is 13.2 Å². The molecule has 1 amide bonds. The van der Waals surface area contributed by atoms with Crippen LogP contribution in [0.1, 0.15) is 23.9 Å². The Kier molecular flexibility index (Phi) is 7.31. The Balaban J connectivity index is 0.00000338. The zero-order chi connectivity index (χ0) is 18.8. The molecule has 26 heavy (non-hydrogen) atoms. The fourth-order valence-electron chi connectivity index (χ4n) is 2.67.